The van der Waals surface area contributed by atoms with Crippen molar-refractivity contribution in [3.05, 3.63) is 77.2 Å². The van der Waals surface area contributed by atoms with Gasteiger partial charge >= 0.3 is 0 Å². The number of hydrogen-bond acceptors (Lipinski definition) is 6. The number of para-hydroxylation sites is 1. The highest BCUT2D eigenvalue weighted by Crippen LogP contribution is 2.27. The van der Waals surface area contributed by atoms with E-state index in [0.29, 0.717) is 21.3 Å². The lowest BCUT2D eigenvalue weighted by Crippen LogP contribution is -2.10. The number of fused-ring (bicyclic) bond motifs is 1. The molecule has 5 rings (SSSR count). The van der Waals surface area contributed by atoms with Gasteiger partial charge in [-0.25, -0.2) is 9.67 Å². The fraction of sp³-hybridized carbons (Fsp3) is 0.0500. The van der Waals surface area contributed by atoms with E-state index in [2.05, 4.69) is 25.3 Å². The largest absolute Gasteiger partial charge is 0.305 e. The zero-order valence-corrected chi connectivity index (χ0v) is 16.2. The molecule has 3 heterocycles. The minimum atomic E-state index is -0.245. The van der Waals surface area contributed by atoms with E-state index in [1.54, 1.807) is 4.68 Å². The van der Waals surface area contributed by atoms with E-state index < -0.39 is 0 Å². The standard InChI is InChI=1S/C20H15N7OS/c1-26-16(13-8-4-2-5-9-13)24-25-20(26)29-19-22-17-15(18(28)23-19)12-21-27(17)14-10-6-3-7-11-14/h2-12H,1H3,(H,22,23,28). The van der Waals surface area contributed by atoms with E-state index in [0.717, 1.165) is 17.1 Å². The molecule has 5 aromatic rings. The van der Waals surface area contributed by atoms with Crippen LogP contribution in [0.4, 0.5) is 0 Å². The Bertz CT molecular complexity index is 1360. The van der Waals surface area contributed by atoms with Crippen molar-refractivity contribution in [2.24, 2.45) is 7.05 Å². The van der Waals surface area contributed by atoms with Crippen LogP contribution in [0.25, 0.3) is 28.1 Å². The maximum atomic E-state index is 12.5. The summed E-state index contributed by atoms with van der Waals surface area (Å²) in [6.45, 7) is 0. The Morgan fingerprint density at radius 2 is 1.69 bits per heavy atom. The van der Waals surface area contributed by atoms with Crippen molar-refractivity contribution in [3.8, 4) is 17.1 Å². The molecule has 0 atom stereocenters. The molecule has 0 bridgehead atoms. The number of nitrogens with one attached hydrogen (secondary N) is 1. The van der Waals surface area contributed by atoms with Gasteiger partial charge in [-0.2, -0.15) is 5.10 Å². The Morgan fingerprint density at radius 1 is 0.966 bits per heavy atom. The predicted molar refractivity (Wildman–Crippen MR) is 110 cm³/mol. The van der Waals surface area contributed by atoms with Crippen LogP contribution in [-0.4, -0.2) is 34.5 Å². The van der Waals surface area contributed by atoms with Crippen molar-refractivity contribution in [1.29, 1.82) is 0 Å². The van der Waals surface area contributed by atoms with Gasteiger partial charge in [-0.15, -0.1) is 10.2 Å². The van der Waals surface area contributed by atoms with E-state index in [-0.39, 0.29) is 5.56 Å². The summed E-state index contributed by atoms with van der Waals surface area (Å²) in [5.41, 5.74) is 2.05. The molecule has 142 valence electrons. The van der Waals surface area contributed by atoms with Crippen molar-refractivity contribution >= 4 is 22.8 Å². The Balaban J connectivity index is 1.55. The van der Waals surface area contributed by atoms with Crippen molar-refractivity contribution in [2.75, 3.05) is 0 Å². The maximum Gasteiger partial charge on any atom is 0.262 e. The van der Waals surface area contributed by atoms with E-state index in [4.69, 9.17) is 0 Å². The van der Waals surface area contributed by atoms with Crippen LogP contribution in [0.15, 0.2) is 82.0 Å². The second-order valence-corrected chi connectivity index (χ2v) is 7.29. The molecule has 0 fully saturated rings. The Hall–Kier alpha value is -3.72. The number of hydrogen-bond donors (Lipinski definition) is 1. The lowest BCUT2D eigenvalue weighted by molar-refractivity contribution is 0.788. The summed E-state index contributed by atoms with van der Waals surface area (Å²) in [6, 6.07) is 19.4. The van der Waals surface area contributed by atoms with Crippen LogP contribution >= 0.6 is 11.8 Å². The summed E-state index contributed by atoms with van der Waals surface area (Å²) in [5, 5.41) is 14.3. The third kappa shape index (κ3) is 3.11. The Kier molecular flexibility index (Phi) is 4.21. The smallest absolute Gasteiger partial charge is 0.262 e. The molecule has 29 heavy (non-hydrogen) atoms. The van der Waals surface area contributed by atoms with Gasteiger partial charge in [0.25, 0.3) is 5.56 Å². The average Bonchev–Trinajstić information content (AvgIpc) is 3.34. The van der Waals surface area contributed by atoms with E-state index in [9.17, 15) is 4.79 Å². The molecule has 0 radical (unpaired) electrons. The third-order valence-electron chi connectivity index (χ3n) is 4.47. The molecule has 1 N–H and O–H groups in total. The summed E-state index contributed by atoms with van der Waals surface area (Å²) in [4.78, 5) is 20.0. The second-order valence-electron chi connectivity index (χ2n) is 6.33. The van der Waals surface area contributed by atoms with Gasteiger partial charge in [-0.1, -0.05) is 48.5 Å². The fourth-order valence-corrected chi connectivity index (χ4v) is 3.79. The van der Waals surface area contributed by atoms with Crippen molar-refractivity contribution in [3.63, 3.8) is 0 Å². The van der Waals surface area contributed by atoms with Crippen molar-refractivity contribution < 1.29 is 0 Å². The SMILES string of the molecule is Cn1c(Sc2nc3c(cnn3-c3ccccc3)c(=O)[nH]2)nnc1-c1ccccc1. The lowest BCUT2D eigenvalue weighted by Gasteiger charge is -2.05. The summed E-state index contributed by atoms with van der Waals surface area (Å²) >= 11 is 1.25. The van der Waals surface area contributed by atoms with Crippen LogP contribution in [0, 0.1) is 0 Å². The molecule has 2 aromatic carbocycles. The number of H-pyrrole nitrogens is 1. The van der Waals surface area contributed by atoms with Gasteiger partial charge < -0.3 is 9.55 Å². The second kappa shape index (κ2) is 7.02. The normalized spacial score (nSPS) is 11.2. The van der Waals surface area contributed by atoms with Gasteiger partial charge in [0.1, 0.15) is 5.39 Å². The van der Waals surface area contributed by atoms with Crippen LogP contribution in [-0.2, 0) is 7.05 Å². The summed E-state index contributed by atoms with van der Waals surface area (Å²) < 4.78 is 3.53. The third-order valence-corrected chi connectivity index (χ3v) is 5.40. The summed E-state index contributed by atoms with van der Waals surface area (Å²) in [7, 11) is 1.88. The molecule has 0 saturated carbocycles. The first-order valence-corrected chi connectivity index (χ1v) is 9.68. The molecular weight excluding hydrogens is 386 g/mol. The van der Waals surface area contributed by atoms with Crippen LogP contribution in [0.5, 0.6) is 0 Å². The number of nitrogens with zero attached hydrogens (tertiary/aromatic N) is 6. The number of aromatic amines is 1. The fourth-order valence-electron chi connectivity index (χ4n) is 3.03. The van der Waals surface area contributed by atoms with Gasteiger partial charge in [0, 0.05) is 12.6 Å². The quantitative estimate of drug-likeness (QED) is 0.465. The minimum absolute atomic E-state index is 0.245. The average molecular weight is 401 g/mol. The topological polar surface area (TPSA) is 94.3 Å². The first-order chi connectivity index (χ1) is 14.2. The Morgan fingerprint density at radius 3 is 2.45 bits per heavy atom. The van der Waals surface area contributed by atoms with Crippen molar-refractivity contribution in [2.45, 2.75) is 10.3 Å². The molecule has 8 nitrogen and oxygen atoms in total. The van der Waals surface area contributed by atoms with Crippen LogP contribution in [0.1, 0.15) is 0 Å². The van der Waals surface area contributed by atoms with Gasteiger partial charge in [0.05, 0.1) is 11.9 Å². The molecule has 9 heteroatoms. The molecule has 0 aliphatic heterocycles. The molecule has 0 amide bonds. The van der Waals surface area contributed by atoms with E-state index in [1.165, 1.54) is 18.0 Å². The molecule has 0 saturated heterocycles. The van der Waals surface area contributed by atoms with Crippen LogP contribution in [0.2, 0.25) is 0 Å². The molecule has 3 aromatic heterocycles. The number of aromatic nitrogens is 7. The molecule has 0 unspecified atom stereocenters. The van der Waals surface area contributed by atoms with Gasteiger partial charge in [0.15, 0.2) is 21.8 Å². The lowest BCUT2D eigenvalue weighted by atomic mass is 10.2. The van der Waals surface area contributed by atoms with Crippen LogP contribution in [0.3, 0.4) is 0 Å². The first kappa shape index (κ1) is 17.4. The molecule has 0 aliphatic carbocycles. The minimum Gasteiger partial charge on any atom is -0.305 e. The van der Waals surface area contributed by atoms with Gasteiger partial charge in [-0.3, -0.25) is 4.79 Å². The first-order valence-electron chi connectivity index (χ1n) is 8.87. The van der Waals surface area contributed by atoms with Crippen molar-refractivity contribution in [1.82, 2.24) is 34.5 Å². The summed E-state index contributed by atoms with van der Waals surface area (Å²) in [5.74, 6) is 0.742. The highest BCUT2D eigenvalue weighted by atomic mass is 32.2. The number of benzene rings is 2. The van der Waals surface area contributed by atoms with E-state index >= 15 is 0 Å². The highest BCUT2D eigenvalue weighted by Gasteiger charge is 2.16. The van der Waals surface area contributed by atoms with Gasteiger partial charge in [-0.05, 0) is 23.9 Å². The summed E-state index contributed by atoms with van der Waals surface area (Å²) in [6.07, 6.45) is 1.53. The molecule has 0 spiro atoms. The van der Waals surface area contributed by atoms with Gasteiger partial charge in [0.2, 0.25) is 0 Å². The molecule has 0 aliphatic rings. The molecular formula is C20H15N7OS. The number of rotatable bonds is 4. The maximum absolute atomic E-state index is 12.5. The highest BCUT2D eigenvalue weighted by molar-refractivity contribution is 7.99. The monoisotopic (exact) mass is 401 g/mol. The zero-order valence-electron chi connectivity index (χ0n) is 15.4. The predicted octanol–water partition coefficient (Wildman–Crippen LogP) is 3.06. The Labute approximate surface area is 169 Å². The van der Waals surface area contributed by atoms with Crippen LogP contribution < -0.4 is 5.56 Å². The van der Waals surface area contributed by atoms with E-state index in [1.807, 2.05) is 72.3 Å². The zero-order chi connectivity index (χ0) is 19.8.